The number of nitrogens with zero attached hydrogens (tertiary/aromatic N) is 3. The highest BCUT2D eigenvalue weighted by Gasteiger charge is 2.43. The van der Waals surface area contributed by atoms with Crippen LogP contribution in [0.1, 0.15) is 37.7 Å². The maximum absolute atomic E-state index is 15.9. The molecule has 19 heteroatoms. The number of aromatic nitrogens is 4. The molecule has 0 unspecified atom stereocenters. The topological polar surface area (TPSA) is 147 Å². The SMILES string of the molecule is N#Cc1c(N)c2c(c(-c3ccccc3)c1-c1ccccc1)C(=O)N(c1ccc(-c3c4nc(c(-c5c(F)c(F)c(F)c(F)c5F)c5ccc([nH]5)c5ccc([nH]5)c(-c5c(F)c(F)c(F)c(F)c5F)c5ccc3[nH]5)C=C4)cc1)C2=O. The number of nitriles is 1. The molecule has 6 heterocycles. The number of fused-ring (bicyclic) bond motifs is 10. The Kier molecular flexibility index (Phi) is 11.0. The molecule has 0 saturated heterocycles. The fraction of sp³-hybridized carbons (Fsp3) is 0. The summed E-state index contributed by atoms with van der Waals surface area (Å²) in [6, 6.07) is 32.8. The summed E-state index contributed by atoms with van der Waals surface area (Å²) >= 11 is 0. The van der Waals surface area contributed by atoms with E-state index in [0.717, 1.165) is 4.90 Å². The summed E-state index contributed by atoms with van der Waals surface area (Å²) in [4.78, 5) is 43.7. The Labute approximate surface area is 425 Å². The molecular formula is C58H27F10N7O2. The van der Waals surface area contributed by atoms with E-state index in [1.807, 2.05) is 0 Å². The number of halogens is 10. The average molecular weight is 1040 g/mol. The molecule has 9 nitrogen and oxygen atoms in total. The molecule has 0 spiro atoms. The number of hydrogen-bond donors (Lipinski definition) is 4. The zero-order valence-corrected chi connectivity index (χ0v) is 38.7. The van der Waals surface area contributed by atoms with Gasteiger partial charge in [0.05, 0.1) is 61.6 Å². The van der Waals surface area contributed by atoms with Crippen LogP contribution in [0.4, 0.5) is 55.3 Å². The van der Waals surface area contributed by atoms with Gasteiger partial charge in [0, 0.05) is 49.9 Å². The number of benzene rings is 6. The third kappa shape index (κ3) is 7.13. The van der Waals surface area contributed by atoms with Crippen molar-refractivity contribution in [2.45, 2.75) is 0 Å². The molecule has 4 aromatic heterocycles. The number of nitrogens with one attached hydrogen (secondary N) is 3. The molecule has 10 aromatic rings. The number of imide groups is 1. The first-order valence-electron chi connectivity index (χ1n) is 23.0. The van der Waals surface area contributed by atoms with Crippen LogP contribution in [0.25, 0.3) is 101 Å². The van der Waals surface area contributed by atoms with Gasteiger partial charge in [0.25, 0.3) is 11.8 Å². The zero-order chi connectivity index (χ0) is 53.9. The lowest BCUT2D eigenvalue weighted by Crippen LogP contribution is -2.29. The molecule has 8 bridgehead atoms. The van der Waals surface area contributed by atoms with Crippen molar-refractivity contribution < 1.29 is 53.5 Å². The Morgan fingerprint density at radius 1 is 0.390 bits per heavy atom. The van der Waals surface area contributed by atoms with Crippen LogP contribution < -0.4 is 10.6 Å². The molecule has 12 rings (SSSR count). The monoisotopic (exact) mass is 1040 g/mol. The van der Waals surface area contributed by atoms with Crippen LogP contribution in [0, 0.1) is 69.5 Å². The summed E-state index contributed by atoms with van der Waals surface area (Å²) in [7, 11) is 0. The van der Waals surface area contributed by atoms with Crippen LogP contribution in [0.15, 0.2) is 121 Å². The highest BCUT2D eigenvalue weighted by Crippen LogP contribution is 2.48. The molecule has 6 aromatic carbocycles. The van der Waals surface area contributed by atoms with Crippen LogP contribution in [-0.2, 0) is 0 Å². The van der Waals surface area contributed by atoms with Gasteiger partial charge in [-0.25, -0.2) is 53.8 Å². The Balaban J connectivity index is 1.12. The van der Waals surface area contributed by atoms with Crippen molar-refractivity contribution in [2.24, 2.45) is 0 Å². The van der Waals surface area contributed by atoms with Gasteiger partial charge in [-0.2, -0.15) is 5.26 Å². The largest absolute Gasteiger partial charge is 0.397 e. The molecule has 0 aliphatic carbocycles. The van der Waals surface area contributed by atoms with Gasteiger partial charge >= 0.3 is 0 Å². The number of carbonyl (C=O) groups is 2. The normalized spacial score (nSPS) is 12.6. The second kappa shape index (κ2) is 17.7. The summed E-state index contributed by atoms with van der Waals surface area (Å²) in [5.74, 6) is -24.2. The zero-order valence-electron chi connectivity index (χ0n) is 38.7. The first-order valence-corrected chi connectivity index (χ1v) is 23.0. The van der Waals surface area contributed by atoms with Crippen LogP contribution in [-0.4, -0.2) is 31.8 Å². The Bertz CT molecular complexity index is 4410. The van der Waals surface area contributed by atoms with Crippen LogP contribution in [0.2, 0.25) is 0 Å². The third-order valence-electron chi connectivity index (χ3n) is 13.5. The number of carbonyl (C=O) groups excluding carboxylic acids is 2. The summed E-state index contributed by atoms with van der Waals surface area (Å²) in [6.45, 7) is 0. The number of aromatic amines is 3. The summed E-state index contributed by atoms with van der Waals surface area (Å²) in [6.07, 6.45) is 2.54. The van der Waals surface area contributed by atoms with Gasteiger partial charge in [0.15, 0.2) is 46.5 Å². The maximum Gasteiger partial charge on any atom is 0.268 e. The summed E-state index contributed by atoms with van der Waals surface area (Å²) in [5, 5.41) is 10.5. The molecule has 0 fully saturated rings. The van der Waals surface area contributed by atoms with Crippen molar-refractivity contribution in [1.29, 1.82) is 5.26 Å². The Hall–Kier alpha value is -10.2. The second-order valence-electron chi connectivity index (χ2n) is 17.7. The van der Waals surface area contributed by atoms with Crippen molar-refractivity contribution in [2.75, 3.05) is 10.6 Å². The van der Waals surface area contributed by atoms with Crippen molar-refractivity contribution in [3.05, 3.63) is 208 Å². The molecule has 0 radical (unpaired) electrons. The first kappa shape index (κ1) is 47.8. The van der Waals surface area contributed by atoms with E-state index in [4.69, 9.17) is 5.73 Å². The fourth-order valence-corrected chi connectivity index (χ4v) is 10.1. The summed E-state index contributed by atoms with van der Waals surface area (Å²) in [5.41, 5.74) is 3.06. The molecule has 77 heavy (non-hydrogen) atoms. The van der Waals surface area contributed by atoms with Crippen LogP contribution >= 0.6 is 0 Å². The van der Waals surface area contributed by atoms with E-state index in [1.165, 1.54) is 72.8 Å². The minimum atomic E-state index is -2.42. The number of anilines is 2. The van der Waals surface area contributed by atoms with Gasteiger partial charge in [0.1, 0.15) is 6.07 Å². The van der Waals surface area contributed by atoms with Crippen molar-refractivity contribution in [3.8, 4) is 61.7 Å². The molecule has 0 saturated carbocycles. The smallest absolute Gasteiger partial charge is 0.268 e. The van der Waals surface area contributed by atoms with Gasteiger partial charge in [-0.1, -0.05) is 72.8 Å². The molecule has 376 valence electrons. The Morgan fingerprint density at radius 3 is 1.26 bits per heavy atom. The lowest BCUT2D eigenvalue weighted by molar-refractivity contribution is 0.0926. The van der Waals surface area contributed by atoms with E-state index in [2.05, 4.69) is 26.0 Å². The molecule has 5 N–H and O–H groups in total. The number of amides is 2. The minimum Gasteiger partial charge on any atom is -0.397 e. The van der Waals surface area contributed by atoms with Crippen LogP contribution in [0.5, 0.6) is 0 Å². The molecular weight excluding hydrogens is 1020 g/mol. The molecule has 2 aliphatic rings. The lowest BCUT2D eigenvalue weighted by Gasteiger charge is -2.18. The molecule has 2 aliphatic heterocycles. The predicted molar refractivity (Wildman–Crippen MR) is 269 cm³/mol. The van der Waals surface area contributed by atoms with Crippen LogP contribution in [0.3, 0.4) is 0 Å². The molecule has 0 atom stereocenters. The third-order valence-corrected chi connectivity index (χ3v) is 13.5. The Morgan fingerprint density at radius 2 is 0.766 bits per heavy atom. The predicted octanol–water partition coefficient (Wildman–Crippen LogP) is 14.7. The highest BCUT2D eigenvalue weighted by molar-refractivity contribution is 6.38. The first-order chi connectivity index (χ1) is 37.1. The van der Waals surface area contributed by atoms with E-state index in [9.17, 15) is 23.6 Å². The van der Waals surface area contributed by atoms with Crippen molar-refractivity contribution >= 4 is 68.4 Å². The number of rotatable bonds is 6. The average Bonchev–Trinajstić information content (AvgIpc) is 4.38. The van der Waals surface area contributed by atoms with E-state index in [-0.39, 0.29) is 89.2 Å². The van der Waals surface area contributed by atoms with Crippen molar-refractivity contribution in [1.82, 2.24) is 19.9 Å². The van der Waals surface area contributed by atoms with Crippen molar-refractivity contribution in [3.63, 3.8) is 0 Å². The summed E-state index contributed by atoms with van der Waals surface area (Å²) < 4.78 is 153. The highest BCUT2D eigenvalue weighted by atomic mass is 19.2. The quantitative estimate of drug-likeness (QED) is 0.0430. The van der Waals surface area contributed by atoms with E-state index in [0.29, 0.717) is 16.7 Å². The van der Waals surface area contributed by atoms with E-state index in [1.54, 1.807) is 60.7 Å². The number of H-pyrrole nitrogens is 3. The number of hydrogen-bond acceptors (Lipinski definition) is 5. The lowest BCUT2D eigenvalue weighted by atomic mass is 9.84. The van der Waals surface area contributed by atoms with Gasteiger partial charge in [-0.15, -0.1) is 0 Å². The van der Waals surface area contributed by atoms with Gasteiger partial charge < -0.3 is 20.7 Å². The minimum absolute atomic E-state index is 0.00633. The fourth-order valence-electron chi connectivity index (χ4n) is 10.1. The standard InChI is InChI=1S/C58H27F10N7O2/c59-46-43(47(60)51(64)54(67)50(46)63)40-33-17-15-29(71-33)30-16-18-34(72-30)41(44-48(61)52(65)55(68)53(66)49(44)62)36-22-20-32(74-36)38(31-19-21-35(40)73-31)26-11-13-27(14-12-26)75-57(76)42-39(25-9-5-2-6-10-25)37(24-7-3-1-4-8-24)28(23-69)56(70)45(42)58(75)77/h1-22,71-73H,70H2. The van der Waals surface area contributed by atoms with Gasteiger partial charge in [0.2, 0.25) is 11.6 Å². The maximum atomic E-state index is 15.9. The number of nitrogens with two attached hydrogens (primary N) is 1. The van der Waals surface area contributed by atoms with Gasteiger partial charge in [-0.3, -0.25) is 9.59 Å². The van der Waals surface area contributed by atoms with Gasteiger partial charge in [-0.05, 0) is 77.4 Å². The second-order valence-corrected chi connectivity index (χ2v) is 17.7. The number of nitrogen functional groups attached to an aromatic ring is 1. The molecule has 2 amide bonds. The van der Waals surface area contributed by atoms with E-state index < -0.39 is 92.2 Å². The van der Waals surface area contributed by atoms with E-state index >= 15 is 35.1 Å².